The van der Waals surface area contributed by atoms with Gasteiger partial charge >= 0.3 is 6.03 Å². The highest BCUT2D eigenvalue weighted by molar-refractivity contribution is 5.99. The number of ketones is 1. The number of nitrogens with one attached hydrogen (secondary N) is 1. The Balaban J connectivity index is 1.56. The van der Waals surface area contributed by atoms with Crippen molar-refractivity contribution in [1.29, 1.82) is 0 Å². The molecule has 6 nitrogen and oxygen atoms in total. The summed E-state index contributed by atoms with van der Waals surface area (Å²) < 4.78 is 2.04. The van der Waals surface area contributed by atoms with Crippen molar-refractivity contribution in [3.8, 4) is 0 Å². The summed E-state index contributed by atoms with van der Waals surface area (Å²) in [7, 11) is 1.98. The second-order valence-corrected chi connectivity index (χ2v) is 9.45. The van der Waals surface area contributed by atoms with Gasteiger partial charge < -0.3 is 14.8 Å². The van der Waals surface area contributed by atoms with E-state index in [9.17, 15) is 9.59 Å². The third kappa shape index (κ3) is 5.13. The Labute approximate surface area is 191 Å². The number of amides is 2. The van der Waals surface area contributed by atoms with Gasteiger partial charge in [-0.05, 0) is 57.9 Å². The first-order chi connectivity index (χ1) is 15.0. The van der Waals surface area contributed by atoms with E-state index in [2.05, 4.69) is 22.9 Å². The molecule has 0 spiro atoms. The number of carbonyl (C=O) groups excluding carboxylic acids is 2. The van der Waals surface area contributed by atoms with Crippen LogP contribution in [0.2, 0.25) is 0 Å². The van der Waals surface area contributed by atoms with Gasteiger partial charge in [-0.3, -0.25) is 9.69 Å². The first-order valence-electron chi connectivity index (χ1n) is 11.2. The van der Waals surface area contributed by atoms with Crippen molar-refractivity contribution in [2.75, 3.05) is 32.7 Å². The topological polar surface area (TPSA) is 57.6 Å². The van der Waals surface area contributed by atoms with Crippen LogP contribution >= 0.6 is 0 Å². The Morgan fingerprint density at radius 1 is 1.09 bits per heavy atom. The lowest BCUT2D eigenvalue weighted by Crippen LogP contribution is -2.55. The van der Waals surface area contributed by atoms with Gasteiger partial charge in [-0.2, -0.15) is 0 Å². The fourth-order valence-electron chi connectivity index (χ4n) is 4.13. The number of hydrogen-bond acceptors (Lipinski definition) is 3. The van der Waals surface area contributed by atoms with Crippen LogP contribution in [0.25, 0.3) is 5.57 Å². The zero-order chi connectivity index (χ0) is 23.6. The third-order valence-electron chi connectivity index (χ3n) is 6.60. The minimum Gasteiger partial charge on any atom is -0.351 e. The number of nitrogens with zero attached hydrogens (tertiary/aromatic N) is 3. The average Bonchev–Trinajstić information content (AvgIpc) is 3.01. The molecular formula is C26H36N4O2. The molecule has 0 saturated carbocycles. The molecule has 2 heterocycles. The van der Waals surface area contributed by atoms with E-state index >= 15 is 0 Å². The Morgan fingerprint density at radius 2 is 1.75 bits per heavy atom. The second-order valence-electron chi connectivity index (χ2n) is 9.45. The highest BCUT2D eigenvalue weighted by Gasteiger charge is 2.29. The number of aryl methyl sites for hydroxylation is 1. The number of Topliss-reactive ketones (excluding diaryl/α,β-unsaturated/α-hetero) is 1. The van der Waals surface area contributed by atoms with Gasteiger partial charge in [0.05, 0.1) is 12.1 Å². The van der Waals surface area contributed by atoms with Gasteiger partial charge in [0.1, 0.15) is 0 Å². The van der Waals surface area contributed by atoms with Gasteiger partial charge in [-0.1, -0.05) is 30.4 Å². The molecule has 0 aliphatic carbocycles. The van der Waals surface area contributed by atoms with E-state index in [0.29, 0.717) is 32.7 Å². The third-order valence-corrected chi connectivity index (χ3v) is 6.60. The molecule has 1 N–H and O–H groups in total. The summed E-state index contributed by atoms with van der Waals surface area (Å²) in [5.74, 6) is 0.141. The maximum atomic E-state index is 13.0. The van der Waals surface area contributed by atoms with Crippen molar-refractivity contribution in [3.63, 3.8) is 0 Å². The summed E-state index contributed by atoms with van der Waals surface area (Å²) in [4.78, 5) is 29.7. The second kappa shape index (κ2) is 9.33. The summed E-state index contributed by atoms with van der Waals surface area (Å²) in [5, 5.41) is 3.18. The Bertz CT molecular complexity index is 1030. The monoisotopic (exact) mass is 436 g/mol. The molecule has 0 unspecified atom stereocenters. The number of piperazine rings is 1. The fourth-order valence-corrected chi connectivity index (χ4v) is 4.13. The molecule has 1 saturated heterocycles. The molecule has 32 heavy (non-hydrogen) atoms. The molecule has 1 fully saturated rings. The van der Waals surface area contributed by atoms with E-state index < -0.39 is 5.54 Å². The van der Waals surface area contributed by atoms with Gasteiger partial charge in [0, 0.05) is 50.2 Å². The largest absolute Gasteiger partial charge is 0.351 e. The molecule has 1 aromatic heterocycles. The van der Waals surface area contributed by atoms with E-state index in [1.807, 2.05) is 75.4 Å². The molecule has 172 valence electrons. The van der Waals surface area contributed by atoms with Gasteiger partial charge in [0.25, 0.3) is 0 Å². The summed E-state index contributed by atoms with van der Waals surface area (Å²) in [6.07, 6.45) is 0. The highest BCUT2D eigenvalue weighted by Crippen LogP contribution is 2.24. The van der Waals surface area contributed by atoms with Crippen molar-refractivity contribution < 1.29 is 9.59 Å². The lowest BCUT2D eigenvalue weighted by Gasteiger charge is -2.37. The van der Waals surface area contributed by atoms with E-state index in [0.717, 1.165) is 33.7 Å². The predicted octanol–water partition coefficient (Wildman–Crippen LogP) is 4.12. The minimum atomic E-state index is -0.502. The molecule has 2 amide bonds. The molecule has 3 rings (SSSR count). The zero-order valence-corrected chi connectivity index (χ0v) is 20.3. The van der Waals surface area contributed by atoms with Crippen LogP contribution in [0.1, 0.15) is 53.6 Å². The molecule has 0 bridgehead atoms. The van der Waals surface area contributed by atoms with Gasteiger partial charge in [-0.15, -0.1) is 0 Å². The summed E-state index contributed by atoms with van der Waals surface area (Å²) >= 11 is 0. The van der Waals surface area contributed by atoms with E-state index in [4.69, 9.17) is 0 Å². The van der Waals surface area contributed by atoms with Crippen molar-refractivity contribution in [1.82, 2.24) is 19.7 Å². The lowest BCUT2D eigenvalue weighted by atomic mass is 9.92. The maximum Gasteiger partial charge on any atom is 0.318 e. The van der Waals surface area contributed by atoms with Crippen LogP contribution in [0, 0.1) is 13.8 Å². The van der Waals surface area contributed by atoms with Crippen molar-refractivity contribution in [2.45, 2.75) is 40.2 Å². The molecule has 1 aromatic carbocycles. The van der Waals surface area contributed by atoms with Gasteiger partial charge in [0.15, 0.2) is 5.78 Å². The normalized spacial score (nSPS) is 15.0. The van der Waals surface area contributed by atoms with Crippen LogP contribution in [0.15, 0.2) is 36.9 Å². The molecule has 1 aliphatic heterocycles. The zero-order valence-electron chi connectivity index (χ0n) is 20.3. The lowest BCUT2D eigenvalue weighted by molar-refractivity contribution is 0.0874. The van der Waals surface area contributed by atoms with E-state index in [1.165, 1.54) is 0 Å². The maximum absolute atomic E-state index is 13.0. The van der Waals surface area contributed by atoms with Crippen LogP contribution < -0.4 is 5.32 Å². The number of aromatic nitrogens is 1. The quantitative estimate of drug-likeness (QED) is 0.693. The Morgan fingerprint density at radius 3 is 2.31 bits per heavy atom. The van der Waals surface area contributed by atoms with Gasteiger partial charge in [0.2, 0.25) is 0 Å². The molecule has 2 aromatic rings. The smallest absolute Gasteiger partial charge is 0.318 e. The van der Waals surface area contributed by atoms with E-state index in [-0.39, 0.29) is 11.8 Å². The van der Waals surface area contributed by atoms with Crippen molar-refractivity contribution in [2.24, 2.45) is 7.05 Å². The SMILES string of the molecule is C=C(C)c1cccc(C(C)(C)NC(=O)N2CCN(CC(=O)c3cc(C)n(C)c3C)CC2)c1. The van der Waals surface area contributed by atoms with Crippen molar-refractivity contribution >= 4 is 17.4 Å². The summed E-state index contributed by atoms with van der Waals surface area (Å²) in [6, 6.07) is 10.0. The standard InChI is InChI=1S/C26H36N4O2/c1-18(2)21-9-8-10-22(16-21)26(5,6)27-25(32)30-13-11-29(12-14-30)17-24(31)23-15-19(3)28(7)20(23)4/h8-10,15-16H,1,11-14,17H2,2-7H3,(H,27,32). The van der Waals surface area contributed by atoms with Crippen LogP contribution in [0.3, 0.4) is 0 Å². The highest BCUT2D eigenvalue weighted by atomic mass is 16.2. The van der Waals surface area contributed by atoms with Crippen LogP contribution in [0.5, 0.6) is 0 Å². The molecular weight excluding hydrogens is 400 g/mol. The number of hydrogen-bond donors (Lipinski definition) is 1. The van der Waals surface area contributed by atoms with Crippen molar-refractivity contribution in [3.05, 3.63) is 65.0 Å². The van der Waals surface area contributed by atoms with Gasteiger partial charge in [-0.25, -0.2) is 4.79 Å². The van der Waals surface area contributed by atoms with E-state index in [1.54, 1.807) is 0 Å². The number of rotatable bonds is 6. The number of benzene rings is 1. The number of allylic oxidation sites excluding steroid dienone is 1. The van der Waals surface area contributed by atoms with Crippen LogP contribution in [0.4, 0.5) is 4.79 Å². The molecule has 6 heteroatoms. The Hall–Kier alpha value is -2.86. The first kappa shape index (κ1) is 23.8. The Kier molecular flexibility index (Phi) is 6.94. The van der Waals surface area contributed by atoms with Crippen LogP contribution in [-0.4, -0.2) is 58.9 Å². The number of carbonyl (C=O) groups is 2. The fraction of sp³-hybridized carbons (Fsp3) is 0.462. The molecule has 0 atom stereocenters. The minimum absolute atomic E-state index is 0.0729. The molecule has 1 aliphatic rings. The summed E-state index contributed by atoms with van der Waals surface area (Å²) in [5.41, 5.74) is 5.51. The summed E-state index contributed by atoms with van der Waals surface area (Å²) in [6.45, 7) is 17.0. The average molecular weight is 437 g/mol. The van der Waals surface area contributed by atoms with Crippen LogP contribution in [-0.2, 0) is 12.6 Å². The number of urea groups is 1. The first-order valence-corrected chi connectivity index (χ1v) is 11.2. The molecule has 0 radical (unpaired) electrons. The predicted molar refractivity (Wildman–Crippen MR) is 130 cm³/mol.